The van der Waals surface area contributed by atoms with Crippen molar-refractivity contribution >= 4 is 11.0 Å². The van der Waals surface area contributed by atoms with Crippen LogP contribution in [0, 0.1) is 0 Å². The molecule has 4 rings (SSSR count). The van der Waals surface area contributed by atoms with Crippen molar-refractivity contribution in [3.63, 3.8) is 0 Å². The van der Waals surface area contributed by atoms with Crippen LogP contribution in [0.3, 0.4) is 0 Å². The number of hydrogen-bond acceptors (Lipinski definition) is 5. The number of nitrogens with zero attached hydrogens (tertiary/aromatic N) is 2. The van der Waals surface area contributed by atoms with Crippen LogP contribution in [-0.2, 0) is 13.0 Å². The van der Waals surface area contributed by atoms with Gasteiger partial charge in [-0.25, -0.2) is 4.98 Å². The third-order valence-corrected chi connectivity index (χ3v) is 5.91. The summed E-state index contributed by atoms with van der Waals surface area (Å²) in [4.78, 5) is 4.85. The van der Waals surface area contributed by atoms with Crippen molar-refractivity contribution in [2.75, 3.05) is 20.8 Å². The molecule has 4 aromatic rings. The van der Waals surface area contributed by atoms with E-state index in [1.165, 1.54) is 0 Å². The van der Waals surface area contributed by atoms with Gasteiger partial charge in [0.25, 0.3) is 0 Å². The molecule has 0 amide bonds. The van der Waals surface area contributed by atoms with E-state index in [0.717, 1.165) is 33.7 Å². The second-order valence-electron chi connectivity index (χ2n) is 8.65. The Morgan fingerprint density at radius 2 is 1.62 bits per heavy atom. The van der Waals surface area contributed by atoms with E-state index in [2.05, 4.69) is 24.5 Å². The molecule has 0 saturated carbocycles. The molecule has 178 valence electrons. The maximum atomic E-state index is 10.9. The topological polar surface area (TPSA) is 65.7 Å². The van der Waals surface area contributed by atoms with E-state index in [1.807, 2.05) is 60.7 Å². The molecule has 1 N–H and O–H groups in total. The third kappa shape index (κ3) is 5.18. The Bertz CT molecular complexity index is 1250. The summed E-state index contributed by atoms with van der Waals surface area (Å²) in [7, 11) is 3.25. The number of aliphatic hydroxyl groups is 1. The fourth-order valence-electron chi connectivity index (χ4n) is 4.18. The van der Waals surface area contributed by atoms with E-state index in [9.17, 15) is 5.11 Å². The van der Waals surface area contributed by atoms with Crippen molar-refractivity contribution < 1.29 is 19.3 Å². The first-order valence-electron chi connectivity index (χ1n) is 11.5. The summed E-state index contributed by atoms with van der Waals surface area (Å²) in [5.74, 6) is 3.40. The molecule has 0 aliphatic heterocycles. The number of imidazole rings is 1. The Labute approximate surface area is 200 Å². The SMILES string of the molecule is COc1ccc(Cc2nc3ccccc3n2CC(O)COc2ccccc2C(C)C)cc1OC. The molecule has 0 fully saturated rings. The van der Waals surface area contributed by atoms with Crippen molar-refractivity contribution in [3.05, 3.63) is 83.7 Å². The first-order chi connectivity index (χ1) is 16.5. The van der Waals surface area contributed by atoms with Crippen LogP contribution in [0.2, 0.25) is 0 Å². The number of fused-ring (bicyclic) bond motifs is 1. The zero-order valence-electron chi connectivity index (χ0n) is 20.2. The molecular formula is C28H32N2O4. The molecule has 1 atom stereocenters. The van der Waals surface area contributed by atoms with Gasteiger partial charge in [-0.2, -0.15) is 0 Å². The summed E-state index contributed by atoms with van der Waals surface area (Å²) in [6, 6.07) is 21.8. The average molecular weight is 461 g/mol. The minimum absolute atomic E-state index is 0.200. The zero-order chi connectivity index (χ0) is 24.1. The van der Waals surface area contributed by atoms with Crippen LogP contribution >= 0.6 is 0 Å². The van der Waals surface area contributed by atoms with Gasteiger partial charge in [0.1, 0.15) is 24.3 Å². The van der Waals surface area contributed by atoms with Gasteiger partial charge in [0.2, 0.25) is 0 Å². The second-order valence-corrected chi connectivity index (χ2v) is 8.65. The lowest BCUT2D eigenvalue weighted by Crippen LogP contribution is -2.25. The van der Waals surface area contributed by atoms with Crippen molar-refractivity contribution in [1.29, 1.82) is 0 Å². The Hall–Kier alpha value is -3.51. The number of para-hydroxylation sites is 3. The third-order valence-electron chi connectivity index (χ3n) is 5.91. The maximum Gasteiger partial charge on any atom is 0.161 e. The predicted octanol–water partition coefficient (Wildman–Crippen LogP) is 5.21. The monoisotopic (exact) mass is 460 g/mol. The normalized spacial score (nSPS) is 12.2. The summed E-state index contributed by atoms with van der Waals surface area (Å²) in [5.41, 5.74) is 4.07. The van der Waals surface area contributed by atoms with E-state index >= 15 is 0 Å². The summed E-state index contributed by atoms with van der Waals surface area (Å²) in [5, 5.41) is 10.9. The Morgan fingerprint density at radius 3 is 2.38 bits per heavy atom. The van der Waals surface area contributed by atoms with Gasteiger partial charge in [0, 0.05) is 6.42 Å². The molecule has 6 heteroatoms. The first-order valence-corrected chi connectivity index (χ1v) is 11.5. The minimum atomic E-state index is -0.693. The number of ether oxygens (including phenoxy) is 3. The van der Waals surface area contributed by atoms with Gasteiger partial charge in [-0.15, -0.1) is 0 Å². The quantitative estimate of drug-likeness (QED) is 0.352. The molecule has 0 aliphatic rings. The molecule has 3 aromatic carbocycles. The van der Waals surface area contributed by atoms with Crippen molar-refractivity contribution in [1.82, 2.24) is 9.55 Å². The van der Waals surface area contributed by atoms with E-state index in [1.54, 1.807) is 14.2 Å². The fraction of sp³-hybridized carbons (Fsp3) is 0.321. The minimum Gasteiger partial charge on any atom is -0.493 e. The van der Waals surface area contributed by atoms with Crippen LogP contribution in [-0.4, -0.2) is 41.6 Å². The molecule has 1 aromatic heterocycles. The van der Waals surface area contributed by atoms with E-state index < -0.39 is 6.10 Å². The maximum absolute atomic E-state index is 10.9. The summed E-state index contributed by atoms with van der Waals surface area (Å²) in [6.07, 6.45) is -0.0966. The van der Waals surface area contributed by atoms with E-state index in [0.29, 0.717) is 30.4 Å². The highest BCUT2D eigenvalue weighted by molar-refractivity contribution is 5.76. The number of aromatic nitrogens is 2. The molecule has 34 heavy (non-hydrogen) atoms. The van der Waals surface area contributed by atoms with Crippen LogP contribution in [0.4, 0.5) is 0 Å². The molecular weight excluding hydrogens is 428 g/mol. The van der Waals surface area contributed by atoms with Gasteiger partial charge in [-0.3, -0.25) is 0 Å². The van der Waals surface area contributed by atoms with Crippen LogP contribution in [0.25, 0.3) is 11.0 Å². The van der Waals surface area contributed by atoms with Crippen LogP contribution < -0.4 is 14.2 Å². The van der Waals surface area contributed by atoms with Crippen molar-refractivity contribution in [2.24, 2.45) is 0 Å². The van der Waals surface area contributed by atoms with Gasteiger partial charge < -0.3 is 23.9 Å². The molecule has 0 saturated heterocycles. The Balaban J connectivity index is 1.56. The highest BCUT2D eigenvalue weighted by atomic mass is 16.5. The molecule has 0 radical (unpaired) electrons. The van der Waals surface area contributed by atoms with Crippen LogP contribution in [0.15, 0.2) is 66.7 Å². The first kappa shape index (κ1) is 23.6. The van der Waals surface area contributed by atoms with Gasteiger partial charge >= 0.3 is 0 Å². The average Bonchev–Trinajstić information content (AvgIpc) is 3.19. The molecule has 0 bridgehead atoms. The van der Waals surface area contributed by atoms with Crippen molar-refractivity contribution in [2.45, 2.75) is 38.8 Å². The van der Waals surface area contributed by atoms with Gasteiger partial charge in [-0.1, -0.05) is 50.2 Å². The van der Waals surface area contributed by atoms with E-state index in [4.69, 9.17) is 19.2 Å². The number of rotatable bonds is 10. The molecule has 0 aliphatic carbocycles. The van der Waals surface area contributed by atoms with Gasteiger partial charge in [0.15, 0.2) is 11.5 Å². The van der Waals surface area contributed by atoms with Crippen LogP contribution in [0.5, 0.6) is 17.2 Å². The fourth-order valence-corrected chi connectivity index (χ4v) is 4.18. The second kappa shape index (κ2) is 10.6. The Morgan fingerprint density at radius 1 is 0.882 bits per heavy atom. The number of benzene rings is 3. The summed E-state index contributed by atoms with van der Waals surface area (Å²) < 4.78 is 18.9. The van der Waals surface area contributed by atoms with Gasteiger partial charge in [0.05, 0.1) is 31.8 Å². The molecule has 0 spiro atoms. The lowest BCUT2D eigenvalue weighted by Gasteiger charge is -2.18. The van der Waals surface area contributed by atoms with E-state index in [-0.39, 0.29) is 6.61 Å². The predicted molar refractivity (Wildman–Crippen MR) is 134 cm³/mol. The highest BCUT2D eigenvalue weighted by Gasteiger charge is 2.17. The number of methoxy groups -OCH3 is 2. The van der Waals surface area contributed by atoms with Crippen LogP contribution in [0.1, 0.15) is 36.7 Å². The largest absolute Gasteiger partial charge is 0.493 e. The molecule has 1 unspecified atom stereocenters. The molecule has 1 heterocycles. The summed E-state index contributed by atoms with van der Waals surface area (Å²) in [6.45, 7) is 4.85. The Kier molecular flexibility index (Phi) is 7.38. The summed E-state index contributed by atoms with van der Waals surface area (Å²) >= 11 is 0. The van der Waals surface area contributed by atoms with Gasteiger partial charge in [-0.05, 0) is 47.4 Å². The highest BCUT2D eigenvalue weighted by Crippen LogP contribution is 2.29. The number of hydrogen-bond donors (Lipinski definition) is 1. The zero-order valence-corrected chi connectivity index (χ0v) is 20.2. The lowest BCUT2D eigenvalue weighted by atomic mass is 10.0. The standard InChI is InChI=1S/C28H32N2O4/c1-19(2)22-9-5-8-12-25(22)34-18-21(31)17-30-24-11-7-6-10-23(24)29-28(30)16-20-13-14-26(32-3)27(15-20)33-4/h5-15,19,21,31H,16-18H2,1-4H3. The molecule has 6 nitrogen and oxygen atoms in total. The smallest absolute Gasteiger partial charge is 0.161 e. The lowest BCUT2D eigenvalue weighted by molar-refractivity contribution is 0.0922. The number of aliphatic hydroxyl groups excluding tert-OH is 1. The van der Waals surface area contributed by atoms with Crippen molar-refractivity contribution in [3.8, 4) is 17.2 Å².